The topological polar surface area (TPSA) is 95.5 Å². The van der Waals surface area contributed by atoms with E-state index in [2.05, 4.69) is 10.6 Å². The average molecular weight is 272 g/mol. The molecule has 0 rings (SSSR count). The second-order valence-electron chi connectivity index (χ2n) is 6.02. The number of hydrogen-bond donors (Lipinski definition) is 3. The van der Waals surface area contributed by atoms with Crippen LogP contribution < -0.4 is 10.6 Å². The highest BCUT2D eigenvalue weighted by atomic mass is 16.4. The molecule has 0 aliphatic rings. The normalized spacial score (nSPS) is 12.9. The Morgan fingerprint density at radius 1 is 1.16 bits per heavy atom. The van der Waals surface area contributed by atoms with Gasteiger partial charge >= 0.3 is 5.97 Å². The smallest absolute Gasteiger partial charge is 0.326 e. The lowest BCUT2D eigenvalue weighted by molar-refractivity contribution is -0.142. The second-order valence-corrected chi connectivity index (χ2v) is 6.02. The highest BCUT2D eigenvalue weighted by Gasteiger charge is 2.24. The van der Waals surface area contributed by atoms with E-state index in [1.54, 1.807) is 20.8 Å². The summed E-state index contributed by atoms with van der Waals surface area (Å²) in [6.45, 7) is 8.75. The van der Waals surface area contributed by atoms with E-state index >= 15 is 0 Å². The summed E-state index contributed by atoms with van der Waals surface area (Å²) >= 11 is 0. The fourth-order valence-electron chi connectivity index (χ4n) is 1.36. The van der Waals surface area contributed by atoms with Crippen molar-refractivity contribution >= 4 is 17.8 Å². The predicted octanol–water partition coefficient (Wildman–Crippen LogP) is 0.764. The highest BCUT2D eigenvalue weighted by molar-refractivity contribution is 5.89. The SMILES string of the molecule is CC(C)C[C@H](NC(=O)CNC(=O)C(C)(C)C)C(=O)O. The van der Waals surface area contributed by atoms with Crippen LogP contribution in [0.3, 0.4) is 0 Å². The molecule has 110 valence electrons. The molecule has 0 saturated heterocycles. The largest absolute Gasteiger partial charge is 0.480 e. The first-order chi connectivity index (χ1) is 8.54. The van der Waals surface area contributed by atoms with Crippen LogP contribution in [0.2, 0.25) is 0 Å². The van der Waals surface area contributed by atoms with E-state index in [1.165, 1.54) is 0 Å². The summed E-state index contributed by atoms with van der Waals surface area (Å²) in [5.41, 5.74) is -0.579. The third-order valence-electron chi connectivity index (χ3n) is 2.43. The maximum absolute atomic E-state index is 11.6. The summed E-state index contributed by atoms with van der Waals surface area (Å²) in [5, 5.41) is 13.9. The van der Waals surface area contributed by atoms with Gasteiger partial charge in [-0.3, -0.25) is 9.59 Å². The van der Waals surface area contributed by atoms with Crippen LogP contribution in [-0.2, 0) is 14.4 Å². The van der Waals surface area contributed by atoms with Crippen molar-refractivity contribution < 1.29 is 19.5 Å². The summed E-state index contributed by atoms with van der Waals surface area (Å²) in [4.78, 5) is 34.1. The molecule has 0 saturated carbocycles. The summed E-state index contributed by atoms with van der Waals surface area (Å²) < 4.78 is 0. The Balaban J connectivity index is 4.29. The monoisotopic (exact) mass is 272 g/mol. The van der Waals surface area contributed by atoms with Crippen molar-refractivity contribution in [1.29, 1.82) is 0 Å². The van der Waals surface area contributed by atoms with Crippen molar-refractivity contribution in [2.45, 2.75) is 47.1 Å². The third kappa shape index (κ3) is 7.43. The number of carboxylic acid groups (broad SMARTS) is 1. The van der Waals surface area contributed by atoms with Crippen molar-refractivity contribution in [2.24, 2.45) is 11.3 Å². The van der Waals surface area contributed by atoms with Crippen molar-refractivity contribution in [1.82, 2.24) is 10.6 Å². The van der Waals surface area contributed by atoms with Gasteiger partial charge in [0.2, 0.25) is 11.8 Å². The van der Waals surface area contributed by atoms with E-state index < -0.39 is 23.3 Å². The van der Waals surface area contributed by atoms with E-state index in [0.29, 0.717) is 6.42 Å². The molecule has 1 atom stereocenters. The zero-order valence-corrected chi connectivity index (χ0v) is 12.2. The van der Waals surface area contributed by atoms with Gasteiger partial charge in [-0.25, -0.2) is 4.79 Å². The van der Waals surface area contributed by atoms with Crippen molar-refractivity contribution in [3.05, 3.63) is 0 Å². The van der Waals surface area contributed by atoms with Gasteiger partial charge in [-0.05, 0) is 12.3 Å². The average Bonchev–Trinajstić information content (AvgIpc) is 2.22. The number of nitrogens with one attached hydrogen (secondary N) is 2. The van der Waals surface area contributed by atoms with Crippen LogP contribution in [-0.4, -0.2) is 35.5 Å². The molecule has 0 aliphatic carbocycles. The summed E-state index contributed by atoms with van der Waals surface area (Å²) in [6, 6.07) is -0.918. The number of aliphatic carboxylic acids is 1. The lowest BCUT2D eigenvalue weighted by atomic mass is 9.96. The van der Waals surface area contributed by atoms with E-state index in [9.17, 15) is 14.4 Å². The Bertz CT molecular complexity index is 345. The van der Waals surface area contributed by atoms with Gasteiger partial charge in [-0.15, -0.1) is 0 Å². The van der Waals surface area contributed by atoms with Gasteiger partial charge in [0.1, 0.15) is 6.04 Å². The summed E-state index contributed by atoms with van der Waals surface area (Å²) in [6.07, 6.45) is 0.355. The molecule has 0 radical (unpaired) electrons. The molecule has 0 aromatic rings. The second kappa shape index (κ2) is 7.11. The van der Waals surface area contributed by atoms with Gasteiger partial charge in [0.25, 0.3) is 0 Å². The molecule has 0 bridgehead atoms. The predicted molar refractivity (Wildman–Crippen MR) is 71.5 cm³/mol. The zero-order valence-electron chi connectivity index (χ0n) is 12.2. The molecule has 0 aromatic heterocycles. The Hall–Kier alpha value is -1.59. The Kier molecular flexibility index (Phi) is 6.52. The third-order valence-corrected chi connectivity index (χ3v) is 2.43. The van der Waals surface area contributed by atoms with Crippen LogP contribution >= 0.6 is 0 Å². The molecular weight excluding hydrogens is 248 g/mol. The van der Waals surface area contributed by atoms with E-state index in [0.717, 1.165) is 0 Å². The summed E-state index contributed by atoms with van der Waals surface area (Å²) in [5.74, 6) is -1.65. The fraction of sp³-hybridized carbons (Fsp3) is 0.769. The van der Waals surface area contributed by atoms with Crippen LogP contribution in [0.5, 0.6) is 0 Å². The zero-order chi connectivity index (χ0) is 15.2. The van der Waals surface area contributed by atoms with Gasteiger partial charge < -0.3 is 15.7 Å². The minimum Gasteiger partial charge on any atom is -0.480 e. The van der Waals surface area contributed by atoms with Gasteiger partial charge in [-0.1, -0.05) is 34.6 Å². The van der Waals surface area contributed by atoms with E-state index in [1.807, 2.05) is 13.8 Å². The van der Waals surface area contributed by atoms with Crippen LogP contribution in [0.4, 0.5) is 0 Å². The lowest BCUT2D eigenvalue weighted by Crippen LogP contribution is -2.47. The van der Waals surface area contributed by atoms with Crippen molar-refractivity contribution in [3.8, 4) is 0 Å². The lowest BCUT2D eigenvalue weighted by Gasteiger charge is -2.19. The molecule has 0 aromatic carbocycles. The number of rotatable bonds is 6. The molecule has 2 amide bonds. The minimum atomic E-state index is -1.07. The Morgan fingerprint density at radius 3 is 2.05 bits per heavy atom. The number of hydrogen-bond acceptors (Lipinski definition) is 3. The van der Waals surface area contributed by atoms with Gasteiger partial charge in [0.15, 0.2) is 0 Å². The minimum absolute atomic E-state index is 0.158. The molecule has 0 unspecified atom stereocenters. The highest BCUT2D eigenvalue weighted by Crippen LogP contribution is 2.12. The molecule has 0 heterocycles. The standard InChI is InChI=1S/C13H24N2O4/c1-8(2)6-9(11(17)18)15-10(16)7-14-12(19)13(3,4)5/h8-9H,6-7H2,1-5H3,(H,14,19)(H,15,16)(H,17,18)/t9-/m0/s1. The molecule has 0 fully saturated rings. The molecule has 6 heteroatoms. The van der Waals surface area contributed by atoms with Crippen LogP contribution in [0.1, 0.15) is 41.0 Å². The number of amides is 2. The fourth-order valence-corrected chi connectivity index (χ4v) is 1.36. The molecule has 19 heavy (non-hydrogen) atoms. The first-order valence-electron chi connectivity index (χ1n) is 6.34. The maximum atomic E-state index is 11.6. The number of carbonyl (C=O) groups excluding carboxylic acids is 2. The quantitative estimate of drug-likeness (QED) is 0.665. The van der Waals surface area contributed by atoms with Crippen LogP contribution in [0.15, 0.2) is 0 Å². The number of carboxylic acids is 1. The molecule has 3 N–H and O–H groups in total. The van der Waals surface area contributed by atoms with Crippen molar-refractivity contribution in [3.63, 3.8) is 0 Å². The molecular formula is C13H24N2O4. The van der Waals surface area contributed by atoms with Gasteiger partial charge in [0.05, 0.1) is 6.54 Å². The van der Waals surface area contributed by atoms with Crippen LogP contribution in [0, 0.1) is 11.3 Å². The molecule has 0 spiro atoms. The van der Waals surface area contributed by atoms with E-state index in [-0.39, 0.29) is 18.4 Å². The Labute approximate surface area is 113 Å². The van der Waals surface area contributed by atoms with Crippen LogP contribution in [0.25, 0.3) is 0 Å². The number of carbonyl (C=O) groups is 3. The summed E-state index contributed by atoms with van der Waals surface area (Å²) in [7, 11) is 0. The van der Waals surface area contributed by atoms with E-state index in [4.69, 9.17) is 5.11 Å². The molecule has 0 aliphatic heterocycles. The first-order valence-corrected chi connectivity index (χ1v) is 6.34. The first kappa shape index (κ1) is 17.4. The van der Waals surface area contributed by atoms with Crippen molar-refractivity contribution in [2.75, 3.05) is 6.54 Å². The van der Waals surface area contributed by atoms with Gasteiger partial charge in [-0.2, -0.15) is 0 Å². The Morgan fingerprint density at radius 2 is 1.68 bits per heavy atom. The maximum Gasteiger partial charge on any atom is 0.326 e. The van der Waals surface area contributed by atoms with Gasteiger partial charge in [0, 0.05) is 5.41 Å². The molecule has 6 nitrogen and oxygen atoms in total.